The first-order valence-electron chi connectivity index (χ1n) is 10.1. The zero-order chi connectivity index (χ0) is 17.3. The molecule has 2 aliphatic carbocycles. The van der Waals surface area contributed by atoms with E-state index in [1.54, 1.807) is 11.2 Å². The van der Waals surface area contributed by atoms with Crippen molar-refractivity contribution >= 4 is 17.2 Å². The molecule has 1 aliphatic heterocycles. The minimum atomic E-state index is 0.623. The highest BCUT2D eigenvalue weighted by atomic mass is 32.1. The Balaban J connectivity index is 1.21. The first-order valence-corrected chi connectivity index (χ1v) is 10.9. The molecule has 0 unspecified atom stereocenters. The van der Waals surface area contributed by atoms with Crippen LogP contribution in [0.3, 0.4) is 0 Å². The number of rotatable bonds is 5. The fraction of sp³-hybridized carbons (Fsp3) is 0.650. The number of piperidine rings is 1. The number of thiazole rings is 1. The van der Waals surface area contributed by atoms with Gasteiger partial charge in [-0.1, -0.05) is 0 Å². The molecule has 0 spiro atoms. The highest BCUT2D eigenvalue weighted by Crippen LogP contribution is 2.35. The summed E-state index contributed by atoms with van der Waals surface area (Å²) in [5.74, 6) is 1.12. The lowest BCUT2D eigenvalue weighted by Crippen LogP contribution is -2.46. The van der Waals surface area contributed by atoms with Gasteiger partial charge in [0.1, 0.15) is 17.2 Å². The molecule has 138 valence electrons. The van der Waals surface area contributed by atoms with Gasteiger partial charge in [-0.05, 0) is 57.4 Å². The molecule has 26 heavy (non-hydrogen) atoms. The number of likely N-dealkylation sites (tertiary alicyclic amines) is 1. The van der Waals surface area contributed by atoms with Crippen LogP contribution in [0.2, 0.25) is 0 Å². The summed E-state index contributed by atoms with van der Waals surface area (Å²) in [6, 6.07) is 3.40. The lowest BCUT2D eigenvalue weighted by Gasteiger charge is -2.39. The maximum absolute atomic E-state index is 4.93. The lowest BCUT2D eigenvalue weighted by molar-refractivity contribution is 0.200. The van der Waals surface area contributed by atoms with Crippen LogP contribution in [0.1, 0.15) is 54.1 Å². The van der Waals surface area contributed by atoms with Gasteiger partial charge in [-0.2, -0.15) is 0 Å². The van der Waals surface area contributed by atoms with Gasteiger partial charge in [0.25, 0.3) is 0 Å². The van der Waals surface area contributed by atoms with Crippen molar-refractivity contribution in [2.45, 2.75) is 70.0 Å². The summed E-state index contributed by atoms with van der Waals surface area (Å²) in [4.78, 5) is 20.3. The molecular weight excluding hydrogens is 342 g/mol. The summed E-state index contributed by atoms with van der Waals surface area (Å²) < 4.78 is 0. The van der Waals surface area contributed by atoms with Crippen LogP contribution in [0.15, 0.2) is 18.6 Å². The molecule has 5 rings (SSSR count). The number of fused-ring (bicyclic) bond motifs is 1. The zero-order valence-electron chi connectivity index (χ0n) is 15.3. The van der Waals surface area contributed by atoms with Crippen LogP contribution in [0.4, 0.5) is 5.82 Å². The molecular formula is C20H27N5S. The van der Waals surface area contributed by atoms with Gasteiger partial charge in [0.05, 0.1) is 12.2 Å². The van der Waals surface area contributed by atoms with Gasteiger partial charge in [0.2, 0.25) is 0 Å². The molecule has 1 saturated carbocycles. The Labute approximate surface area is 159 Å². The maximum Gasteiger partial charge on any atom is 0.132 e. The number of hydrogen-bond acceptors (Lipinski definition) is 6. The normalized spacial score (nSPS) is 21.5. The predicted molar refractivity (Wildman–Crippen MR) is 105 cm³/mol. The van der Waals surface area contributed by atoms with Crippen molar-refractivity contribution in [3.63, 3.8) is 0 Å². The Morgan fingerprint density at radius 2 is 1.88 bits per heavy atom. The largest absolute Gasteiger partial charge is 0.350 e. The van der Waals surface area contributed by atoms with Crippen molar-refractivity contribution in [1.82, 2.24) is 19.9 Å². The molecule has 0 aromatic carbocycles. The third kappa shape index (κ3) is 3.49. The quantitative estimate of drug-likeness (QED) is 0.808. The van der Waals surface area contributed by atoms with Crippen molar-refractivity contribution in [3.05, 3.63) is 34.2 Å². The Bertz CT molecular complexity index is 710. The second-order valence-corrected chi connectivity index (χ2v) is 9.07. The summed E-state index contributed by atoms with van der Waals surface area (Å²) in [5.41, 5.74) is 1.40. The molecule has 0 radical (unpaired) electrons. The van der Waals surface area contributed by atoms with Crippen LogP contribution in [0, 0.1) is 0 Å². The molecule has 0 bridgehead atoms. The van der Waals surface area contributed by atoms with Gasteiger partial charge < -0.3 is 4.90 Å². The topological polar surface area (TPSA) is 45.2 Å². The maximum atomic E-state index is 4.93. The molecule has 6 heteroatoms. The first kappa shape index (κ1) is 16.6. The Kier molecular flexibility index (Phi) is 4.63. The second-order valence-electron chi connectivity index (χ2n) is 7.90. The van der Waals surface area contributed by atoms with Crippen molar-refractivity contribution in [1.29, 1.82) is 0 Å². The summed E-state index contributed by atoms with van der Waals surface area (Å²) >= 11 is 1.97. The highest BCUT2D eigenvalue weighted by molar-refractivity contribution is 7.11. The van der Waals surface area contributed by atoms with Crippen LogP contribution < -0.4 is 4.90 Å². The molecule has 0 amide bonds. The fourth-order valence-electron chi connectivity index (χ4n) is 4.48. The summed E-state index contributed by atoms with van der Waals surface area (Å²) in [5, 5.41) is 1.34. The third-order valence-electron chi connectivity index (χ3n) is 5.97. The number of anilines is 1. The van der Waals surface area contributed by atoms with Gasteiger partial charge in [-0.25, -0.2) is 15.0 Å². The zero-order valence-corrected chi connectivity index (χ0v) is 16.1. The molecule has 3 heterocycles. The van der Waals surface area contributed by atoms with Crippen molar-refractivity contribution in [3.8, 4) is 0 Å². The van der Waals surface area contributed by atoms with Gasteiger partial charge in [0, 0.05) is 36.2 Å². The second kappa shape index (κ2) is 7.24. The average molecular weight is 370 g/mol. The monoisotopic (exact) mass is 369 g/mol. The van der Waals surface area contributed by atoms with E-state index in [9.17, 15) is 0 Å². The molecule has 5 nitrogen and oxygen atoms in total. The van der Waals surface area contributed by atoms with Crippen LogP contribution in [-0.2, 0) is 19.4 Å². The minimum absolute atomic E-state index is 0.623. The van der Waals surface area contributed by atoms with Crippen molar-refractivity contribution < 1.29 is 0 Å². The van der Waals surface area contributed by atoms with Gasteiger partial charge in [-0.3, -0.25) is 4.90 Å². The van der Waals surface area contributed by atoms with Gasteiger partial charge in [0.15, 0.2) is 0 Å². The van der Waals surface area contributed by atoms with Crippen molar-refractivity contribution in [2.75, 3.05) is 18.0 Å². The van der Waals surface area contributed by atoms with E-state index in [2.05, 4.69) is 25.8 Å². The van der Waals surface area contributed by atoms with E-state index in [1.165, 1.54) is 75.2 Å². The molecule has 2 aromatic heterocycles. The van der Waals surface area contributed by atoms with Crippen molar-refractivity contribution in [2.24, 2.45) is 0 Å². The van der Waals surface area contributed by atoms with E-state index >= 15 is 0 Å². The van der Waals surface area contributed by atoms with E-state index in [0.29, 0.717) is 12.1 Å². The summed E-state index contributed by atoms with van der Waals surface area (Å²) in [7, 11) is 0. The Morgan fingerprint density at radius 1 is 1.08 bits per heavy atom. The van der Waals surface area contributed by atoms with Gasteiger partial charge in [-0.15, -0.1) is 11.3 Å². The van der Waals surface area contributed by atoms with E-state index < -0.39 is 0 Å². The smallest absolute Gasteiger partial charge is 0.132 e. The van der Waals surface area contributed by atoms with Gasteiger partial charge >= 0.3 is 0 Å². The summed E-state index contributed by atoms with van der Waals surface area (Å²) in [6.45, 7) is 3.38. The molecule has 0 atom stereocenters. The van der Waals surface area contributed by atoms with E-state index in [4.69, 9.17) is 4.98 Å². The predicted octanol–water partition coefficient (Wildman–Crippen LogP) is 3.45. The van der Waals surface area contributed by atoms with E-state index in [0.717, 1.165) is 12.4 Å². The van der Waals surface area contributed by atoms with Crippen LogP contribution in [-0.4, -0.2) is 45.0 Å². The number of hydrogen-bond donors (Lipinski definition) is 0. The molecule has 2 fully saturated rings. The highest BCUT2D eigenvalue weighted by Gasteiger charge is 2.36. The van der Waals surface area contributed by atoms with E-state index in [-0.39, 0.29) is 0 Å². The third-order valence-corrected chi connectivity index (χ3v) is 7.11. The van der Waals surface area contributed by atoms with Crippen LogP contribution in [0.5, 0.6) is 0 Å². The molecule has 3 aliphatic rings. The van der Waals surface area contributed by atoms with Crippen LogP contribution in [0.25, 0.3) is 0 Å². The van der Waals surface area contributed by atoms with Crippen LogP contribution >= 0.6 is 11.3 Å². The SMILES string of the molecule is c1cc(N(C2CC2)C2CCN(Cc3nc4c(s3)CCCC4)CC2)ncn1. The Hall–Kier alpha value is -1.53. The van der Waals surface area contributed by atoms with E-state index in [1.807, 2.05) is 17.5 Å². The lowest BCUT2D eigenvalue weighted by atomic mass is 10.0. The Morgan fingerprint density at radius 3 is 2.62 bits per heavy atom. The molecule has 0 N–H and O–H groups in total. The number of aryl methyl sites for hydroxylation is 2. The molecule has 2 aromatic rings. The number of nitrogens with zero attached hydrogens (tertiary/aromatic N) is 5. The molecule has 1 saturated heterocycles. The average Bonchev–Trinajstić information content (AvgIpc) is 3.43. The minimum Gasteiger partial charge on any atom is -0.350 e. The summed E-state index contributed by atoms with van der Waals surface area (Å²) in [6.07, 6.45) is 13.8. The fourth-order valence-corrected chi connectivity index (χ4v) is 5.68. The first-order chi connectivity index (χ1) is 12.9. The standard InChI is InChI=1S/C20H27N5S/c1-2-4-18-17(3-1)23-20(26-18)13-24-11-8-16(9-12-24)25(15-5-6-15)19-7-10-21-14-22-19/h7,10,14-16H,1-6,8-9,11-13H2. The number of aromatic nitrogens is 3.